The molecule has 0 atom stereocenters. The lowest BCUT2D eigenvalue weighted by atomic mass is 9.94. The van der Waals surface area contributed by atoms with Gasteiger partial charge in [-0.25, -0.2) is 4.39 Å². The zero-order chi connectivity index (χ0) is 14.8. The van der Waals surface area contributed by atoms with Crippen LogP contribution in [0.25, 0.3) is 0 Å². The molecule has 1 saturated carbocycles. The summed E-state index contributed by atoms with van der Waals surface area (Å²) in [6, 6.07) is 3.60. The van der Waals surface area contributed by atoms with Crippen molar-refractivity contribution in [2.45, 2.75) is 37.6 Å². The summed E-state index contributed by atoms with van der Waals surface area (Å²) in [6.07, 6.45) is 3.76. The van der Waals surface area contributed by atoms with E-state index < -0.39 is 17.3 Å². The van der Waals surface area contributed by atoms with Crippen LogP contribution in [0.4, 0.5) is 10.1 Å². The minimum absolute atomic E-state index is 0.0482. The Hall–Kier alpha value is -1.95. The van der Waals surface area contributed by atoms with E-state index in [-0.39, 0.29) is 23.6 Å². The van der Waals surface area contributed by atoms with Gasteiger partial charge in [-0.2, -0.15) is 0 Å². The molecule has 5 N–H and O–H groups in total. The van der Waals surface area contributed by atoms with E-state index in [9.17, 15) is 14.0 Å². The smallest absolute Gasteiger partial charge is 0.248 e. The summed E-state index contributed by atoms with van der Waals surface area (Å²) in [6.45, 7) is 0. The van der Waals surface area contributed by atoms with Crippen molar-refractivity contribution in [2.24, 2.45) is 11.5 Å². The molecule has 1 aromatic carbocycles. The summed E-state index contributed by atoms with van der Waals surface area (Å²) in [4.78, 5) is 23.0. The molecule has 20 heavy (non-hydrogen) atoms. The van der Waals surface area contributed by atoms with E-state index in [0.717, 1.165) is 31.7 Å². The first-order chi connectivity index (χ1) is 9.39. The topological polar surface area (TPSA) is 98.2 Å². The molecule has 0 aromatic heterocycles. The second-order valence-corrected chi connectivity index (χ2v) is 5.35. The number of rotatable bonds is 4. The average Bonchev–Trinajstić information content (AvgIpc) is 2.78. The fourth-order valence-corrected chi connectivity index (χ4v) is 2.54. The van der Waals surface area contributed by atoms with Gasteiger partial charge in [0.05, 0.1) is 5.69 Å². The number of anilines is 1. The molecule has 0 heterocycles. The zero-order valence-corrected chi connectivity index (χ0v) is 11.1. The van der Waals surface area contributed by atoms with Gasteiger partial charge in [0.15, 0.2) is 0 Å². The number of benzene rings is 1. The highest BCUT2D eigenvalue weighted by Gasteiger charge is 2.31. The van der Waals surface area contributed by atoms with Gasteiger partial charge in [0.25, 0.3) is 0 Å². The maximum Gasteiger partial charge on any atom is 0.248 e. The molecule has 0 spiro atoms. The molecule has 5 nitrogen and oxygen atoms in total. The van der Waals surface area contributed by atoms with E-state index in [1.54, 1.807) is 0 Å². The number of halogens is 1. The highest BCUT2D eigenvalue weighted by atomic mass is 19.1. The van der Waals surface area contributed by atoms with Crippen molar-refractivity contribution in [2.75, 3.05) is 5.32 Å². The van der Waals surface area contributed by atoms with Crippen LogP contribution >= 0.6 is 0 Å². The Morgan fingerprint density at radius 2 is 1.95 bits per heavy atom. The van der Waals surface area contributed by atoms with E-state index in [1.807, 2.05) is 0 Å². The lowest BCUT2D eigenvalue weighted by molar-refractivity contribution is -0.117. The Kier molecular flexibility index (Phi) is 4.04. The Morgan fingerprint density at radius 1 is 1.30 bits per heavy atom. The molecule has 0 aliphatic heterocycles. The van der Waals surface area contributed by atoms with Crippen LogP contribution in [0.1, 0.15) is 42.5 Å². The van der Waals surface area contributed by atoms with Gasteiger partial charge in [-0.15, -0.1) is 0 Å². The normalized spacial score (nSPS) is 16.9. The lowest BCUT2D eigenvalue weighted by Crippen LogP contribution is -2.40. The Labute approximate surface area is 116 Å². The molecule has 0 saturated heterocycles. The van der Waals surface area contributed by atoms with Crippen molar-refractivity contribution in [3.63, 3.8) is 0 Å². The third-order valence-corrected chi connectivity index (χ3v) is 3.64. The second-order valence-electron chi connectivity index (χ2n) is 5.35. The first kappa shape index (κ1) is 14.5. The van der Waals surface area contributed by atoms with E-state index in [1.165, 1.54) is 12.1 Å². The van der Waals surface area contributed by atoms with Crippen LogP contribution in [0.2, 0.25) is 0 Å². The Bertz CT molecular complexity index is 539. The minimum atomic E-state index is -0.674. The van der Waals surface area contributed by atoms with Gasteiger partial charge in [-0.3, -0.25) is 9.59 Å². The number of amides is 2. The summed E-state index contributed by atoms with van der Waals surface area (Å²) >= 11 is 0. The van der Waals surface area contributed by atoms with Crippen molar-refractivity contribution < 1.29 is 14.0 Å². The summed E-state index contributed by atoms with van der Waals surface area (Å²) in [7, 11) is 0. The summed E-state index contributed by atoms with van der Waals surface area (Å²) in [5, 5.41) is 2.46. The van der Waals surface area contributed by atoms with Crippen LogP contribution in [0, 0.1) is 5.82 Å². The summed E-state index contributed by atoms with van der Waals surface area (Å²) in [5.74, 6) is -1.64. The predicted octanol–water partition coefficient (Wildman–Crippen LogP) is 1.52. The maximum atomic E-state index is 13.6. The van der Waals surface area contributed by atoms with E-state index >= 15 is 0 Å². The van der Waals surface area contributed by atoms with Gasteiger partial charge in [-0.1, -0.05) is 12.8 Å². The molecule has 2 rings (SSSR count). The van der Waals surface area contributed by atoms with Gasteiger partial charge in [0, 0.05) is 17.5 Å². The number of carbonyl (C=O) groups is 2. The van der Waals surface area contributed by atoms with Crippen molar-refractivity contribution in [1.29, 1.82) is 0 Å². The Balaban J connectivity index is 2.07. The monoisotopic (exact) mass is 279 g/mol. The summed E-state index contributed by atoms with van der Waals surface area (Å²) < 4.78 is 13.6. The van der Waals surface area contributed by atoms with Gasteiger partial charge in [0.1, 0.15) is 5.82 Å². The van der Waals surface area contributed by atoms with E-state index in [0.29, 0.717) is 0 Å². The Morgan fingerprint density at radius 3 is 2.55 bits per heavy atom. The number of carbonyl (C=O) groups excluding carboxylic acids is 2. The van der Waals surface area contributed by atoms with Crippen LogP contribution in [0.3, 0.4) is 0 Å². The molecule has 108 valence electrons. The quantitative estimate of drug-likeness (QED) is 0.779. The summed E-state index contributed by atoms with van der Waals surface area (Å²) in [5.41, 5.74) is 10.8. The van der Waals surface area contributed by atoms with Crippen LogP contribution in [-0.4, -0.2) is 17.4 Å². The van der Waals surface area contributed by atoms with Crippen molar-refractivity contribution in [3.05, 3.63) is 29.6 Å². The maximum absolute atomic E-state index is 13.6. The average molecular weight is 279 g/mol. The van der Waals surface area contributed by atoms with Crippen LogP contribution < -0.4 is 16.8 Å². The molecule has 0 bridgehead atoms. The number of nitrogens with one attached hydrogen (secondary N) is 1. The van der Waals surface area contributed by atoms with Crippen LogP contribution in [0.5, 0.6) is 0 Å². The molecule has 1 aliphatic carbocycles. The molecule has 0 radical (unpaired) electrons. The van der Waals surface area contributed by atoms with Crippen LogP contribution in [-0.2, 0) is 4.79 Å². The predicted molar refractivity (Wildman–Crippen MR) is 73.6 cm³/mol. The minimum Gasteiger partial charge on any atom is -0.366 e. The standard InChI is InChI=1S/C14H18FN3O2/c15-10-4-3-9(13(16)20)7-11(10)18-12(19)8-14(17)5-1-2-6-14/h3-4,7H,1-2,5-6,8,17H2,(H2,16,20)(H,18,19). The first-order valence-electron chi connectivity index (χ1n) is 6.58. The fraction of sp³-hybridized carbons (Fsp3) is 0.429. The molecule has 2 amide bonds. The largest absolute Gasteiger partial charge is 0.366 e. The highest BCUT2D eigenvalue weighted by Crippen LogP contribution is 2.30. The van der Waals surface area contributed by atoms with Gasteiger partial charge < -0.3 is 16.8 Å². The number of hydrogen-bond donors (Lipinski definition) is 3. The van der Waals surface area contributed by atoms with Gasteiger partial charge >= 0.3 is 0 Å². The first-order valence-corrected chi connectivity index (χ1v) is 6.58. The number of hydrogen-bond acceptors (Lipinski definition) is 3. The van der Waals surface area contributed by atoms with Crippen molar-refractivity contribution >= 4 is 17.5 Å². The zero-order valence-electron chi connectivity index (χ0n) is 11.1. The van der Waals surface area contributed by atoms with Crippen LogP contribution in [0.15, 0.2) is 18.2 Å². The molecular weight excluding hydrogens is 261 g/mol. The lowest BCUT2D eigenvalue weighted by Gasteiger charge is -2.22. The fourth-order valence-electron chi connectivity index (χ4n) is 2.54. The molecule has 1 aromatic rings. The number of nitrogens with two attached hydrogens (primary N) is 2. The van der Waals surface area contributed by atoms with Gasteiger partial charge in [-0.05, 0) is 31.0 Å². The molecule has 6 heteroatoms. The number of primary amides is 1. The van der Waals surface area contributed by atoms with Crippen molar-refractivity contribution in [1.82, 2.24) is 0 Å². The van der Waals surface area contributed by atoms with E-state index in [2.05, 4.69) is 5.32 Å². The molecule has 1 aliphatic rings. The van der Waals surface area contributed by atoms with E-state index in [4.69, 9.17) is 11.5 Å². The third kappa shape index (κ3) is 3.33. The van der Waals surface area contributed by atoms with Crippen molar-refractivity contribution in [3.8, 4) is 0 Å². The molecule has 0 unspecified atom stereocenters. The SMILES string of the molecule is NC(=O)c1ccc(F)c(NC(=O)CC2(N)CCCC2)c1. The van der Waals surface area contributed by atoms with Gasteiger partial charge in [0.2, 0.25) is 11.8 Å². The third-order valence-electron chi connectivity index (χ3n) is 3.64. The second kappa shape index (κ2) is 5.58. The molecule has 1 fully saturated rings. The molecular formula is C14H18FN3O2. The highest BCUT2D eigenvalue weighted by molar-refractivity contribution is 5.96.